The zero-order valence-corrected chi connectivity index (χ0v) is 15.2. The smallest absolute Gasteiger partial charge is 0.223 e. The highest BCUT2D eigenvalue weighted by Gasteiger charge is 2.19. The summed E-state index contributed by atoms with van der Waals surface area (Å²) in [5, 5.41) is 13.4. The highest BCUT2D eigenvalue weighted by molar-refractivity contribution is 9.10. The van der Waals surface area contributed by atoms with Gasteiger partial charge in [0.2, 0.25) is 11.6 Å². The third-order valence-corrected chi connectivity index (χ3v) is 5.38. The molecule has 0 amide bonds. The summed E-state index contributed by atoms with van der Waals surface area (Å²) in [6, 6.07) is 0. The molecule has 3 aromatic rings. The first-order chi connectivity index (χ1) is 10.8. The Morgan fingerprint density at radius 3 is 2.70 bits per heavy atom. The summed E-state index contributed by atoms with van der Waals surface area (Å²) in [6.07, 6.45) is 3.46. The Morgan fingerprint density at radius 1 is 1.30 bits per heavy atom. The van der Waals surface area contributed by atoms with Gasteiger partial charge in [-0.15, -0.1) is 0 Å². The maximum atomic E-state index is 12.3. The molecule has 3 aromatic heterocycles. The number of nitrogens with zero attached hydrogens (tertiary/aromatic N) is 4. The molecule has 0 atom stereocenters. The predicted octanol–water partition coefficient (Wildman–Crippen LogP) is 3.04. The number of nitrogens with two attached hydrogens (primary N) is 1. The minimum Gasteiger partial charge on any atom is -0.618 e. The fourth-order valence-corrected chi connectivity index (χ4v) is 3.36. The Bertz CT molecular complexity index is 938. The SMILES string of the molecule is Cc1c[n+]([O-])c(Cn2cc(C)c3c(Cl)nc(N)nc32)c(C)c1Br. The van der Waals surface area contributed by atoms with E-state index in [0.29, 0.717) is 23.0 Å². The van der Waals surface area contributed by atoms with Crippen molar-refractivity contribution in [2.75, 3.05) is 5.73 Å². The normalized spacial score (nSPS) is 11.3. The lowest BCUT2D eigenvalue weighted by Crippen LogP contribution is -2.34. The first kappa shape index (κ1) is 16.0. The summed E-state index contributed by atoms with van der Waals surface area (Å²) in [5.74, 6) is 0.110. The van der Waals surface area contributed by atoms with Gasteiger partial charge in [-0.05, 0) is 42.3 Å². The average Bonchev–Trinajstić information content (AvgIpc) is 2.77. The monoisotopic (exact) mass is 395 g/mol. The van der Waals surface area contributed by atoms with E-state index in [2.05, 4.69) is 25.9 Å². The zero-order valence-electron chi connectivity index (χ0n) is 12.9. The highest BCUT2D eigenvalue weighted by Crippen LogP contribution is 2.28. The second-order valence-corrected chi connectivity index (χ2v) is 6.69. The average molecular weight is 397 g/mol. The van der Waals surface area contributed by atoms with Gasteiger partial charge in [0.05, 0.1) is 5.39 Å². The van der Waals surface area contributed by atoms with Crippen LogP contribution in [0.3, 0.4) is 0 Å². The molecule has 8 heteroatoms. The number of hydrogen-bond donors (Lipinski definition) is 1. The molecule has 0 radical (unpaired) electrons. The third kappa shape index (κ3) is 2.64. The van der Waals surface area contributed by atoms with E-state index in [-0.39, 0.29) is 5.95 Å². The number of fused-ring (bicyclic) bond motifs is 1. The molecule has 2 N–H and O–H groups in total. The van der Waals surface area contributed by atoms with Crippen LogP contribution in [0, 0.1) is 26.0 Å². The molecule has 120 valence electrons. The Hall–Kier alpha value is -1.86. The van der Waals surface area contributed by atoms with Crippen molar-refractivity contribution in [3.05, 3.63) is 49.6 Å². The Morgan fingerprint density at radius 2 is 2.00 bits per heavy atom. The number of nitrogen functional groups attached to an aromatic ring is 1. The molecule has 0 fully saturated rings. The number of hydrogen-bond acceptors (Lipinski definition) is 4. The highest BCUT2D eigenvalue weighted by atomic mass is 79.9. The molecule has 0 aromatic carbocycles. The Balaban J connectivity index is 2.19. The molecule has 0 saturated carbocycles. The van der Waals surface area contributed by atoms with E-state index in [1.165, 1.54) is 0 Å². The van der Waals surface area contributed by atoms with E-state index < -0.39 is 0 Å². The number of aromatic nitrogens is 4. The van der Waals surface area contributed by atoms with Crippen LogP contribution in [0.2, 0.25) is 5.15 Å². The standard InChI is InChI=1S/C15H15BrClN5O/c1-7-4-21(14-11(7)13(17)19-15(18)20-14)6-10-9(3)12(16)8(2)5-22(10)23/h4-5H,6H2,1-3H3,(H2,18,19,20). The van der Waals surface area contributed by atoms with Crippen molar-refractivity contribution in [1.82, 2.24) is 14.5 Å². The molecule has 23 heavy (non-hydrogen) atoms. The van der Waals surface area contributed by atoms with Crippen molar-refractivity contribution >= 4 is 44.5 Å². The molecule has 3 heterocycles. The van der Waals surface area contributed by atoms with Gasteiger partial charge in [0.15, 0.2) is 6.20 Å². The summed E-state index contributed by atoms with van der Waals surface area (Å²) in [7, 11) is 0. The van der Waals surface area contributed by atoms with Crippen LogP contribution in [0.5, 0.6) is 0 Å². The molecule has 0 unspecified atom stereocenters. The number of rotatable bonds is 2. The van der Waals surface area contributed by atoms with Crippen LogP contribution in [0.25, 0.3) is 11.0 Å². The third-order valence-electron chi connectivity index (χ3n) is 3.88. The first-order valence-electron chi connectivity index (χ1n) is 6.95. The van der Waals surface area contributed by atoms with Gasteiger partial charge in [-0.3, -0.25) is 0 Å². The second-order valence-electron chi connectivity index (χ2n) is 5.53. The van der Waals surface area contributed by atoms with E-state index in [0.717, 1.165) is 31.3 Å². The van der Waals surface area contributed by atoms with Crippen LogP contribution in [-0.2, 0) is 6.54 Å². The van der Waals surface area contributed by atoms with Crippen molar-refractivity contribution in [1.29, 1.82) is 0 Å². The topological polar surface area (TPSA) is 83.7 Å². The van der Waals surface area contributed by atoms with E-state index in [1.807, 2.05) is 31.5 Å². The maximum absolute atomic E-state index is 12.3. The first-order valence-corrected chi connectivity index (χ1v) is 8.13. The van der Waals surface area contributed by atoms with Crippen molar-refractivity contribution < 1.29 is 4.73 Å². The zero-order chi connectivity index (χ0) is 16.9. The number of aryl methyl sites for hydroxylation is 2. The maximum Gasteiger partial charge on any atom is 0.223 e. The van der Waals surface area contributed by atoms with E-state index >= 15 is 0 Å². The molecule has 0 spiro atoms. The van der Waals surface area contributed by atoms with Crippen molar-refractivity contribution in [3.8, 4) is 0 Å². The van der Waals surface area contributed by atoms with E-state index in [9.17, 15) is 5.21 Å². The number of pyridine rings is 1. The van der Waals surface area contributed by atoms with Crippen LogP contribution >= 0.6 is 27.5 Å². The van der Waals surface area contributed by atoms with Gasteiger partial charge in [-0.2, -0.15) is 9.71 Å². The quantitative estimate of drug-likeness (QED) is 0.410. The second kappa shape index (κ2) is 5.65. The summed E-state index contributed by atoms with van der Waals surface area (Å²) >= 11 is 9.70. The van der Waals surface area contributed by atoms with Crippen LogP contribution in [0.1, 0.15) is 22.4 Å². The molecule has 0 aliphatic carbocycles. The minimum absolute atomic E-state index is 0.110. The summed E-state index contributed by atoms with van der Waals surface area (Å²) in [4.78, 5) is 8.26. The molecular weight excluding hydrogens is 382 g/mol. The molecule has 3 rings (SSSR count). The predicted molar refractivity (Wildman–Crippen MR) is 93.4 cm³/mol. The molecule has 0 aliphatic rings. The van der Waals surface area contributed by atoms with Gasteiger partial charge in [0, 0.05) is 21.8 Å². The van der Waals surface area contributed by atoms with Gasteiger partial charge >= 0.3 is 0 Å². The fourth-order valence-electron chi connectivity index (χ4n) is 2.71. The molecule has 0 bridgehead atoms. The van der Waals surface area contributed by atoms with Crippen LogP contribution < -0.4 is 10.5 Å². The van der Waals surface area contributed by atoms with Crippen molar-refractivity contribution in [2.45, 2.75) is 27.3 Å². The van der Waals surface area contributed by atoms with Gasteiger partial charge in [-0.25, -0.2) is 4.98 Å². The van der Waals surface area contributed by atoms with Gasteiger partial charge in [-0.1, -0.05) is 11.6 Å². The Labute approximate surface area is 146 Å². The number of anilines is 1. The molecule has 0 aliphatic heterocycles. The largest absolute Gasteiger partial charge is 0.618 e. The minimum atomic E-state index is 0.110. The van der Waals surface area contributed by atoms with Gasteiger partial charge < -0.3 is 15.5 Å². The molecule has 6 nitrogen and oxygen atoms in total. The van der Waals surface area contributed by atoms with Gasteiger partial charge in [0.1, 0.15) is 17.3 Å². The van der Waals surface area contributed by atoms with Gasteiger partial charge in [0.25, 0.3) is 0 Å². The van der Waals surface area contributed by atoms with E-state index in [1.54, 1.807) is 6.20 Å². The molecular formula is C15H15BrClN5O. The Kier molecular flexibility index (Phi) is 3.93. The van der Waals surface area contributed by atoms with Crippen LogP contribution in [-0.4, -0.2) is 14.5 Å². The van der Waals surface area contributed by atoms with Crippen molar-refractivity contribution in [3.63, 3.8) is 0 Å². The summed E-state index contributed by atoms with van der Waals surface area (Å²) < 4.78 is 3.69. The fraction of sp³-hybridized carbons (Fsp3) is 0.267. The lowest BCUT2D eigenvalue weighted by atomic mass is 10.1. The van der Waals surface area contributed by atoms with Crippen LogP contribution in [0.15, 0.2) is 16.9 Å². The van der Waals surface area contributed by atoms with Crippen LogP contribution in [0.4, 0.5) is 5.95 Å². The molecule has 0 saturated heterocycles. The summed E-state index contributed by atoms with van der Waals surface area (Å²) in [5.41, 5.74) is 9.68. The summed E-state index contributed by atoms with van der Waals surface area (Å²) in [6.45, 7) is 6.09. The van der Waals surface area contributed by atoms with E-state index in [4.69, 9.17) is 17.3 Å². The number of halogens is 2. The lowest BCUT2D eigenvalue weighted by Gasteiger charge is -2.12. The lowest BCUT2D eigenvalue weighted by molar-refractivity contribution is -0.615. The van der Waals surface area contributed by atoms with Crippen molar-refractivity contribution in [2.24, 2.45) is 0 Å².